The summed E-state index contributed by atoms with van der Waals surface area (Å²) < 4.78 is 6.07. The molecule has 0 aliphatic carbocycles. The third kappa shape index (κ3) is 3.70. The number of rotatable bonds is 5. The van der Waals surface area contributed by atoms with Crippen LogP contribution in [0.5, 0.6) is 5.75 Å². The molecule has 1 saturated heterocycles. The number of thioether (sulfide) groups is 1. The van der Waals surface area contributed by atoms with E-state index in [4.69, 9.17) is 27.9 Å². The van der Waals surface area contributed by atoms with Gasteiger partial charge in [-0.15, -0.1) is 0 Å². The van der Waals surface area contributed by atoms with E-state index in [0.717, 1.165) is 31.0 Å². The molecule has 1 N–H and O–H groups in total. The Morgan fingerprint density at radius 2 is 2.33 bits per heavy atom. The summed E-state index contributed by atoms with van der Waals surface area (Å²) in [5.41, 5.74) is 0. The predicted octanol–water partition coefficient (Wildman–Crippen LogP) is 3.71. The average Bonchev–Trinajstić information content (AvgIpc) is 2.85. The van der Waals surface area contributed by atoms with Crippen molar-refractivity contribution in [3.63, 3.8) is 0 Å². The molecule has 1 aliphatic rings. The van der Waals surface area contributed by atoms with Crippen LogP contribution in [0.25, 0.3) is 0 Å². The number of benzene rings is 1. The molecule has 2 rings (SSSR count). The highest BCUT2D eigenvalue weighted by Crippen LogP contribution is 2.30. The molecule has 0 radical (unpaired) electrons. The molecule has 18 heavy (non-hydrogen) atoms. The van der Waals surface area contributed by atoms with Crippen molar-refractivity contribution < 1.29 is 4.74 Å². The van der Waals surface area contributed by atoms with Crippen molar-refractivity contribution in [2.24, 2.45) is 5.92 Å². The molecular formula is C13H17Cl2NOS. The Balaban J connectivity index is 2.07. The molecule has 0 saturated carbocycles. The Hall–Kier alpha value is -0.0900. The molecule has 0 amide bonds. The van der Waals surface area contributed by atoms with E-state index in [9.17, 15) is 0 Å². The maximum absolute atomic E-state index is 6.15. The fourth-order valence-electron chi connectivity index (χ4n) is 2.16. The van der Waals surface area contributed by atoms with Crippen LogP contribution in [0.1, 0.15) is 6.42 Å². The number of nitrogens with one attached hydrogen (secondary N) is 1. The van der Waals surface area contributed by atoms with Crippen LogP contribution in [-0.2, 0) is 0 Å². The van der Waals surface area contributed by atoms with E-state index in [1.54, 1.807) is 17.8 Å². The maximum Gasteiger partial charge on any atom is 0.138 e. The lowest BCUT2D eigenvalue weighted by molar-refractivity contribution is 0.166. The zero-order valence-electron chi connectivity index (χ0n) is 10.3. The van der Waals surface area contributed by atoms with Crippen LogP contribution in [0.15, 0.2) is 18.2 Å². The second-order valence-corrected chi connectivity index (χ2v) is 6.19. The Kier molecular flexibility index (Phi) is 5.49. The number of hydrogen-bond acceptors (Lipinski definition) is 3. The number of halogens is 2. The minimum absolute atomic E-state index is 0.202. The summed E-state index contributed by atoms with van der Waals surface area (Å²) in [6.07, 6.45) is 3.47. The average molecular weight is 306 g/mol. The molecule has 1 heterocycles. The first-order chi connectivity index (χ1) is 8.70. The van der Waals surface area contributed by atoms with Crippen molar-refractivity contribution in [3.05, 3.63) is 28.2 Å². The van der Waals surface area contributed by atoms with E-state index >= 15 is 0 Å². The third-order valence-corrected chi connectivity index (χ3v) is 4.32. The first-order valence-electron chi connectivity index (χ1n) is 6.02. The van der Waals surface area contributed by atoms with Crippen LogP contribution in [-0.4, -0.2) is 31.2 Å². The number of ether oxygens (including phenoxy) is 1. The highest BCUT2D eigenvalue weighted by Gasteiger charge is 2.26. The zero-order valence-corrected chi connectivity index (χ0v) is 12.6. The van der Waals surface area contributed by atoms with E-state index in [1.807, 2.05) is 12.1 Å². The van der Waals surface area contributed by atoms with Crippen LogP contribution in [0.3, 0.4) is 0 Å². The Labute approximate surface area is 122 Å². The minimum Gasteiger partial charge on any atom is -0.488 e. The SMILES string of the molecule is CSC[C@H](Oc1ccc(Cl)cc1Cl)[C@H]1CCNC1. The summed E-state index contributed by atoms with van der Waals surface area (Å²) in [7, 11) is 0. The van der Waals surface area contributed by atoms with Crippen molar-refractivity contribution in [2.45, 2.75) is 12.5 Å². The molecule has 1 aromatic rings. The molecule has 0 spiro atoms. The molecule has 0 bridgehead atoms. The first-order valence-corrected chi connectivity index (χ1v) is 8.17. The van der Waals surface area contributed by atoms with Crippen molar-refractivity contribution in [3.8, 4) is 5.75 Å². The second kappa shape index (κ2) is 6.90. The van der Waals surface area contributed by atoms with E-state index in [-0.39, 0.29) is 6.10 Å². The van der Waals surface area contributed by atoms with Gasteiger partial charge in [-0.3, -0.25) is 0 Å². The lowest BCUT2D eigenvalue weighted by Gasteiger charge is -2.24. The van der Waals surface area contributed by atoms with Gasteiger partial charge >= 0.3 is 0 Å². The second-order valence-electron chi connectivity index (χ2n) is 4.44. The van der Waals surface area contributed by atoms with Gasteiger partial charge in [0.15, 0.2) is 0 Å². The zero-order chi connectivity index (χ0) is 13.0. The topological polar surface area (TPSA) is 21.3 Å². The highest BCUT2D eigenvalue weighted by atomic mass is 35.5. The molecule has 2 nitrogen and oxygen atoms in total. The normalized spacial score (nSPS) is 20.9. The lowest BCUT2D eigenvalue weighted by Crippen LogP contribution is -2.31. The van der Waals surface area contributed by atoms with Gasteiger partial charge in [-0.1, -0.05) is 23.2 Å². The molecule has 1 aliphatic heterocycles. The molecule has 1 fully saturated rings. The van der Waals surface area contributed by atoms with Crippen molar-refractivity contribution in [1.82, 2.24) is 5.32 Å². The monoisotopic (exact) mass is 305 g/mol. The van der Waals surface area contributed by atoms with Crippen LogP contribution < -0.4 is 10.1 Å². The molecule has 0 unspecified atom stereocenters. The van der Waals surface area contributed by atoms with Gasteiger partial charge in [0, 0.05) is 23.2 Å². The van der Waals surface area contributed by atoms with Gasteiger partial charge in [0.25, 0.3) is 0 Å². The maximum atomic E-state index is 6.15. The van der Waals surface area contributed by atoms with Gasteiger partial charge in [-0.2, -0.15) is 11.8 Å². The van der Waals surface area contributed by atoms with Gasteiger partial charge in [0.05, 0.1) is 5.02 Å². The predicted molar refractivity (Wildman–Crippen MR) is 80.2 cm³/mol. The van der Waals surface area contributed by atoms with Crippen molar-refractivity contribution in [1.29, 1.82) is 0 Å². The largest absolute Gasteiger partial charge is 0.488 e. The lowest BCUT2D eigenvalue weighted by atomic mass is 10.0. The number of hydrogen-bond donors (Lipinski definition) is 1. The van der Waals surface area contributed by atoms with Crippen LogP contribution in [0.4, 0.5) is 0 Å². The van der Waals surface area contributed by atoms with Gasteiger partial charge in [-0.05, 0) is 37.4 Å². The Bertz CT molecular complexity index is 397. The standard InChI is InChI=1S/C13H17Cl2NOS/c1-18-8-13(9-4-5-16-7-9)17-12-3-2-10(14)6-11(12)15/h2-3,6,9,13,16H,4-5,7-8H2,1H3/t9-,13-/m0/s1. The van der Waals surface area contributed by atoms with Gasteiger partial charge in [-0.25, -0.2) is 0 Å². The third-order valence-electron chi connectivity index (χ3n) is 3.13. The van der Waals surface area contributed by atoms with Gasteiger partial charge in [0.1, 0.15) is 11.9 Å². The fraction of sp³-hybridized carbons (Fsp3) is 0.538. The van der Waals surface area contributed by atoms with Crippen LogP contribution in [0, 0.1) is 5.92 Å². The molecule has 0 aromatic heterocycles. The molecular weight excluding hydrogens is 289 g/mol. The van der Waals surface area contributed by atoms with Crippen molar-refractivity contribution >= 4 is 35.0 Å². The van der Waals surface area contributed by atoms with Gasteiger partial charge < -0.3 is 10.1 Å². The van der Waals surface area contributed by atoms with E-state index in [0.29, 0.717) is 16.0 Å². The van der Waals surface area contributed by atoms with Crippen LogP contribution >= 0.6 is 35.0 Å². The van der Waals surface area contributed by atoms with E-state index < -0.39 is 0 Å². The fourth-order valence-corrected chi connectivity index (χ4v) is 3.28. The summed E-state index contributed by atoms with van der Waals surface area (Å²) in [6.45, 7) is 2.10. The van der Waals surface area contributed by atoms with Crippen LogP contribution in [0.2, 0.25) is 10.0 Å². The molecule has 5 heteroatoms. The summed E-state index contributed by atoms with van der Waals surface area (Å²) in [6, 6.07) is 5.38. The quantitative estimate of drug-likeness (QED) is 0.896. The summed E-state index contributed by atoms with van der Waals surface area (Å²) in [5.74, 6) is 2.27. The molecule has 2 atom stereocenters. The van der Waals surface area contributed by atoms with E-state index in [1.165, 1.54) is 0 Å². The highest BCUT2D eigenvalue weighted by molar-refractivity contribution is 7.98. The molecule has 1 aromatic carbocycles. The Morgan fingerprint density at radius 1 is 1.50 bits per heavy atom. The summed E-state index contributed by atoms with van der Waals surface area (Å²) >= 11 is 13.8. The summed E-state index contributed by atoms with van der Waals surface area (Å²) in [4.78, 5) is 0. The van der Waals surface area contributed by atoms with E-state index in [2.05, 4.69) is 11.6 Å². The van der Waals surface area contributed by atoms with Crippen molar-refractivity contribution in [2.75, 3.05) is 25.1 Å². The Morgan fingerprint density at radius 3 is 2.94 bits per heavy atom. The molecule has 100 valence electrons. The minimum atomic E-state index is 0.202. The van der Waals surface area contributed by atoms with Gasteiger partial charge in [0.2, 0.25) is 0 Å². The first kappa shape index (κ1) is 14.3. The smallest absolute Gasteiger partial charge is 0.138 e. The summed E-state index contributed by atoms with van der Waals surface area (Å²) in [5, 5.41) is 4.60.